The summed E-state index contributed by atoms with van der Waals surface area (Å²) in [6.45, 7) is 0. The summed E-state index contributed by atoms with van der Waals surface area (Å²) in [4.78, 5) is 16.7. The van der Waals surface area contributed by atoms with Crippen LogP contribution in [-0.4, -0.2) is 36.1 Å². The minimum atomic E-state index is -0.157. The number of carbonyl (C=O) groups is 1. The van der Waals surface area contributed by atoms with Crippen molar-refractivity contribution in [3.63, 3.8) is 0 Å². The molecule has 2 aliphatic heterocycles. The molecular weight excluding hydrogens is 270 g/mol. The van der Waals surface area contributed by atoms with E-state index in [0.29, 0.717) is 29.2 Å². The number of hydrogen-bond acceptors (Lipinski definition) is 5. The van der Waals surface area contributed by atoms with Gasteiger partial charge >= 0.3 is 0 Å². The Balaban J connectivity index is 1.59. The van der Waals surface area contributed by atoms with Crippen LogP contribution in [0.25, 0.3) is 11.0 Å². The highest BCUT2D eigenvalue weighted by Crippen LogP contribution is 2.29. The third-order valence-corrected chi connectivity index (χ3v) is 4.45. The first-order valence-electron chi connectivity index (χ1n) is 7.24. The number of furan rings is 1. The Kier molecular flexibility index (Phi) is 2.85. The molecule has 0 radical (unpaired) electrons. The van der Waals surface area contributed by atoms with E-state index >= 15 is 0 Å². The highest BCUT2D eigenvalue weighted by molar-refractivity contribution is 5.97. The van der Waals surface area contributed by atoms with Gasteiger partial charge in [0.05, 0.1) is 13.4 Å². The van der Waals surface area contributed by atoms with Crippen molar-refractivity contribution >= 4 is 16.9 Å². The maximum Gasteiger partial charge on any atom is 0.270 e. The molecule has 2 saturated heterocycles. The molecule has 2 fully saturated rings. The Morgan fingerprint density at radius 2 is 2.43 bits per heavy atom. The number of ether oxygens (including phenoxy) is 1. The average Bonchev–Trinajstić information content (AvgIpc) is 3.21. The lowest BCUT2D eigenvalue weighted by molar-refractivity contribution is 0.0925. The SMILES string of the molecule is COc1nc(C(=O)N[C@@H]2C[C@H]3CC[C@@H]2N3)cc2ccoc12. The van der Waals surface area contributed by atoms with Gasteiger partial charge < -0.3 is 19.8 Å². The molecule has 2 aromatic rings. The summed E-state index contributed by atoms with van der Waals surface area (Å²) < 4.78 is 10.5. The van der Waals surface area contributed by atoms with Crippen LogP contribution in [0.2, 0.25) is 0 Å². The lowest BCUT2D eigenvalue weighted by atomic mass is 9.95. The van der Waals surface area contributed by atoms with Crippen LogP contribution in [0.5, 0.6) is 5.88 Å². The van der Waals surface area contributed by atoms with Gasteiger partial charge in [0.2, 0.25) is 0 Å². The summed E-state index contributed by atoms with van der Waals surface area (Å²) in [6.07, 6.45) is 4.91. The third kappa shape index (κ3) is 2.06. The summed E-state index contributed by atoms with van der Waals surface area (Å²) in [6, 6.07) is 4.69. The maximum atomic E-state index is 12.4. The van der Waals surface area contributed by atoms with E-state index in [9.17, 15) is 4.79 Å². The fraction of sp³-hybridized carbons (Fsp3) is 0.467. The van der Waals surface area contributed by atoms with Crippen LogP contribution < -0.4 is 15.4 Å². The second kappa shape index (κ2) is 4.73. The van der Waals surface area contributed by atoms with E-state index in [0.717, 1.165) is 18.2 Å². The van der Waals surface area contributed by atoms with Crippen molar-refractivity contribution in [1.29, 1.82) is 0 Å². The summed E-state index contributed by atoms with van der Waals surface area (Å²) in [5, 5.41) is 7.41. The highest BCUT2D eigenvalue weighted by Gasteiger charge is 2.39. The number of methoxy groups -OCH3 is 1. The van der Waals surface area contributed by atoms with Gasteiger partial charge in [0.1, 0.15) is 5.69 Å². The number of rotatable bonds is 3. The number of aromatic nitrogens is 1. The van der Waals surface area contributed by atoms with E-state index in [4.69, 9.17) is 9.15 Å². The molecule has 21 heavy (non-hydrogen) atoms. The zero-order valence-corrected chi connectivity index (χ0v) is 11.8. The standard InChI is InChI=1S/C15H17N3O3/c1-20-15-13-8(4-5-21-13)6-12(18-15)14(19)17-11-7-9-2-3-10(11)16-9/h4-6,9-11,16H,2-3,7H2,1H3,(H,17,19)/t9-,10+,11-/m1/s1. The van der Waals surface area contributed by atoms with Gasteiger partial charge in [0, 0.05) is 23.5 Å². The van der Waals surface area contributed by atoms with Gasteiger partial charge in [0.15, 0.2) is 5.58 Å². The Morgan fingerprint density at radius 1 is 1.52 bits per heavy atom. The Morgan fingerprint density at radius 3 is 3.14 bits per heavy atom. The zero-order chi connectivity index (χ0) is 14.4. The number of hydrogen-bond donors (Lipinski definition) is 2. The van der Waals surface area contributed by atoms with Crippen molar-refractivity contribution in [3.8, 4) is 5.88 Å². The molecule has 2 aliphatic rings. The van der Waals surface area contributed by atoms with E-state index in [-0.39, 0.29) is 11.9 Å². The molecule has 2 bridgehead atoms. The smallest absolute Gasteiger partial charge is 0.270 e. The quantitative estimate of drug-likeness (QED) is 0.893. The summed E-state index contributed by atoms with van der Waals surface area (Å²) in [5.74, 6) is 0.185. The predicted molar refractivity (Wildman–Crippen MR) is 76.4 cm³/mol. The molecule has 0 spiro atoms. The van der Waals surface area contributed by atoms with Crippen LogP contribution in [0, 0.1) is 0 Å². The summed E-state index contributed by atoms with van der Waals surface area (Å²) in [7, 11) is 1.52. The molecule has 0 aromatic carbocycles. The first kappa shape index (κ1) is 12.6. The second-order valence-corrected chi connectivity index (χ2v) is 5.72. The summed E-state index contributed by atoms with van der Waals surface area (Å²) >= 11 is 0. The molecule has 3 atom stereocenters. The molecule has 6 nitrogen and oxygen atoms in total. The van der Waals surface area contributed by atoms with E-state index in [1.54, 1.807) is 18.4 Å². The fourth-order valence-electron chi connectivity index (χ4n) is 3.43. The van der Waals surface area contributed by atoms with Crippen molar-refractivity contribution in [2.24, 2.45) is 0 Å². The predicted octanol–water partition coefficient (Wildman–Crippen LogP) is 1.46. The van der Waals surface area contributed by atoms with E-state index in [1.165, 1.54) is 13.5 Å². The largest absolute Gasteiger partial charge is 0.478 e. The van der Waals surface area contributed by atoms with Gasteiger partial charge in [-0.15, -0.1) is 0 Å². The molecule has 0 aliphatic carbocycles. The van der Waals surface area contributed by atoms with E-state index in [1.807, 2.05) is 0 Å². The number of pyridine rings is 1. The van der Waals surface area contributed by atoms with Crippen molar-refractivity contribution in [2.75, 3.05) is 7.11 Å². The van der Waals surface area contributed by atoms with Gasteiger partial charge in [-0.25, -0.2) is 4.98 Å². The number of carbonyl (C=O) groups excluding carboxylic acids is 1. The van der Waals surface area contributed by atoms with Crippen LogP contribution in [0.1, 0.15) is 29.8 Å². The van der Waals surface area contributed by atoms with Crippen LogP contribution in [0.15, 0.2) is 22.8 Å². The number of fused-ring (bicyclic) bond motifs is 3. The van der Waals surface area contributed by atoms with E-state index in [2.05, 4.69) is 15.6 Å². The minimum Gasteiger partial charge on any atom is -0.478 e. The first-order valence-corrected chi connectivity index (χ1v) is 7.24. The molecule has 1 amide bonds. The Hall–Kier alpha value is -2.08. The van der Waals surface area contributed by atoms with E-state index < -0.39 is 0 Å². The van der Waals surface area contributed by atoms with Crippen molar-refractivity contribution in [2.45, 2.75) is 37.4 Å². The topological polar surface area (TPSA) is 76.4 Å². The summed E-state index contributed by atoms with van der Waals surface area (Å²) in [5.41, 5.74) is 0.930. The van der Waals surface area contributed by atoms with Crippen molar-refractivity contribution in [3.05, 3.63) is 24.1 Å². The first-order chi connectivity index (χ1) is 10.2. The molecule has 110 valence electrons. The monoisotopic (exact) mass is 287 g/mol. The van der Waals surface area contributed by atoms with Gasteiger partial charge in [-0.3, -0.25) is 4.79 Å². The van der Waals surface area contributed by atoms with Crippen LogP contribution in [0.4, 0.5) is 0 Å². The third-order valence-electron chi connectivity index (χ3n) is 4.45. The number of amides is 1. The molecule has 0 unspecified atom stereocenters. The van der Waals surface area contributed by atoms with Crippen LogP contribution >= 0.6 is 0 Å². The minimum absolute atomic E-state index is 0.157. The lowest BCUT2D eigenvalue weighted by Gasteiger charge is -2.21. The van der Waals surface area contributed by atoms with Gasteiger partial charge in [-0.2, -0.15) is 0 Å². The highest BCUT2D eigenvalue weighted by atomic mass is 16.5. The van der Waals surface area contributed by atoms with Gasteiger partial charge in [-0.1, -0.05) is 0 Å². The fourth-order valence-corrected chi connectivity index (χ4v) is 3.43. The second-order valence-electron chi connectivity index (χ2n) is 5.72. The molecule has 2 N–H and O–H groups in total. The Bertz CT molecular complexity index is 697. The Labute approximate surface area is 121 Å². The van der Waals surface area contributed by atoms with Crippen LogP contribution in [0.3, 0.4) is 0 Å². The zero-order valence-electron chi connectivity index (χ0n) is 11.8. The normalized spacial score (nSPS) is 27.2. The maximum absolute atomic E-state index is 12.4. The molecule has 6 heteroatoms. The van der Waals surface area contributed by atoms with Crippen molar-refractivity contribution < 1.29 is 13.9 Å². The molecular formula is C15H17N3O3. The molecule has 4 heterocycles. The van der Waals surface area contributed by atoms with Gasteiger partial charge in [-0.05, 0) is 31.4 Å². The number of nitrogens with zero attached hydrogens (tertiary/aromatic N) is 1. The molecule has 0 saturated carbocycles. The average molecular weight is 287 g/mol. The van der Waals surface area contributed by atoms with Crippen molar-refractivity contribution in [1.82, 2.24) is 15.6 Å². The van der Waals surface area contributed by atoms with Crippen LogP contribution in [-0.2, 0) is 0 Å². The number of nitrogens with one attached hydrogen (secondary N) is 2. The molecule has 4 rings (SSSR count). The van der Waals surface area contributed by atoms with Gasteiger partial charge in [0.25, 0.3) is 11.8 Å². The lowest BCUT2D eigenvalue weighted by Crippen LogP contribution is -2.43. The molecule has 2 aromatic heterocycles.